The smallest absolute Gasteiger partial charge is 0.161 e. The average Bonchev–Trinajstić information content (AvgIpc) is 2.46. The van der Waals surface area contributed by atoms with Crippen LogP contribution in [0.1, 0.15) is 35.7 Å². The molecule has 0 saturated carbocycles. The van der Waals surface area contributed by atoms with Gasteiger partial charge >= 0.3 is 0 Å². The number of ketones is 1. The van der Waals surface area contributed by atoms with E-state index in [4.69, 9.17) is 5.26 Å². The molecule has 1 aromatic rings. The minimum atomic E-state index is 0.0456. The van der Waals surface area contributed by atoms with E-state index in [0.29, 0.717) is 17.2 Å². The summed E-state index contributed by atoms with van der Waals surface area (Å²) in [4.78, 5) is 16.3. The number of nitriles is 1. The molecule has 1 fully saturated rings. The lowest BCUT2D eigenvalue weighted by atomic mass is 10.00. The zero-order chi connectivity index (χ0) is 14.7. The minimum absolute atomic E-state index is 0.0456. The molecule has 1 aliphatic heterocycles. The summed E-state index contributed by atoms with van der Waals surface area (Å²) in [6, 6.07) is 7.89. The Bertz CT molecular complexity index is 539. The van der Waals surface area contributed by atoms with E-state index in [2.05, 4.69) is 22.9 Å². The van der Waals surface area contributed by atoms with Gasteiger partial charge in [0.05, 0.1) is 11.6 Å². The van der Waals surface area contributed by atoms with Crippen LogP contribution >= 0.6 is 0 Å². The Kier molecular flexibility index (Phi) is 4.41. The fourth-order valence-electron chi connectivity index (χ4n) is 2.77. The molecule has 0 spiro atoms. The number of likely N-dealkylation sites (tertiary alicyclic amines) is 1. The van der Waals surface area contributed by atoms with Gasteiger partial charge in [-0.05, 0) is 58.1 Å². The fourth-order valence-corrected chi connectivity index (χ4v) is 2.77. The summed E-state index contributed by atoms with van der Waals surface area (Å²) in [5.74, 6) is 0.0456. The predicted molar refractivity (Wildman–Crippen MR) is 80.1 cm³/mol. The van der Waals surface area contributed by atoms with Crippen LogP contribution in [-0.4, -0.2) is 43.9 Å². The Balaban J connectivity index is 2.30. The van der Waals surface area contributed by atoms with Crippen molar-refractivity contribution in [2.24, 2.45) is 0 Å². The predicted octanol–water partition coefficient (Wildman–Crippen LogP) is 2.29. The second-order valence-electron chi connectivity index (χ2n) is 5.55. The van der Waals surface area contributed by atoms with Gasteiger partial charge in [-0.15, -0.1) is 0 Å². The Morgan fingerprint density at radius 1 is 1.40 bits per heavy atom. The number of piperidine rings is 1. The molecule has 0 aliphatic carbocycles. The van der Waals surface area contributed by atoms with Crippen molar-refractivity contribution >= 4 is 11.5 Å². The number of hydrogen-bond acceptors (Lipinski definition) is 4. The van der Waals surface area contributed by atoms with E-state index in [-0.39, 0.29) is 5.78 Å². The van der Waals surface area contributed by atoms with Crippen LogP contribution < -0.4 is 4.90 Å². The molecule has 20 heavy (non-hydrogen) atoms. The van der Waals surface area contributed by atoms with Crippen molar-refractivity contribution in [3.63, 3.8) is 0 Å². The summed E-state index contributed by atoms with van der Waals surface area (Å²) >= 11 is 0. The normalized spacial score (nSPS) is 16.7. The van der Waals surface area contributed by atoms with Gasteiger partial charge in [0.1, 0.15) is 0 Å². The lowest BCUT2D eigenvalue weighted by Crippen LogP contribution is -2.42. The Morgan fingerprint density at radius 3 is 2.60 bits per heavy atom. The molecule has 0 radical (unpaired) electrons. The van der Waals surface area contributed by atoms with Gasteiger partial charge in [0.15, 0.2) is 5.78 Å². The third kappa shape index (κ3) is 3.00. The molecule has 0 N–H and O–H groups in total. The molecule has 4 heteroatoms. The summed E-state index contributed by atoms with van der Waals surface area (Å²) in [5, 5.41) is 9.06. The lowest BCUT2D eigenvalue weighted by molar-refractivity contribution is 0.101. The first-order valence-corrected chi connectivity index (χ1v) is 6.99. The van der Waals surface area contributed by atoms with E-state index in [1.165, 1.54) is 0 Å². The number of nitrogens with zero attached hydrogens (tertiary/aromatic N) is 3. The molecule has 0 amide bonds. The van der Waals surface area contributed by atoms with Crippen molar-refractivity contribution in [2.75, 3.05) is 32.1 Å². The summed E-state index contributed by atoms with van der Waals surface area (Å²) in [6.07, 6.45) is 2.17. The molecule has 1 aliphatic rings. The number of carbonyl (C=O) groups excluding carboxylic acids is 1. The van der Waals surface area contributed by atoms with Gasteiger partial charge in [0, 0.05) is 24.3 Å². The van der Waals surface area contributed by atoms with Gasteiger partial charge in [0.25, 0.3) is 0 Å². The third-order valence-electron chi connectivity index (χ3n) is 4.12. The molecule has 4 nitrogen and oxygen atoms in total. The van der Waals surface area contributed by atoms with E-state index in [0.717, 1.165) is 31.6 Å². The molecule has 1 aromatic carbocycles. The van der Waals surface area contributed by atoms with Crippen LogP contribution in [-0.2, 0) is 0 Å². The van der Waals surface area contributed by atoms with E-state index < -0.39 is 0 Å². The highest BCUT2D eigenvalue weighted by atomic mass is 16.1. The number of benzene rings is 1. The summed E-state index contributed by atoms with van der Waals surface area (Å²) < 4.78 is 0. The summed E-state index contributed by atoms with van der Waals surface area (Å²) in [5.41, 5.74) is 2.18. The first kappa shape index (κ1) is 14.5. The van der Waals surface area contributed by atoms with Crippen LogP contribution in [0, 0.1) is 11.3 Å². The molecule has 2 rings (SSSR count). The molecule has 0 atom stereocenters. The molecular formula is C16H21N3O. The highest BCUT2D eigenvalue weighted by Gasteiger charge is 2.23. The van der Waals surface area contributed by atoms with E-state index >= 15 is 0 Å². The molecule has 0 bridgehead atoms. The molecule has 1 saturated heterocycles. The quantitative estimate of drug-likeness (QED) is 0.791. The topological polar surface area (TPSA) is 47.3 Å². The Morgan fingerprint density at radius 2 is 2.05 bits per heavy atom. The highest BCUT2D eigenvalue weighted by Crippen LogP contribution is 2.27. The van der Waals surface area contributed by atoms with Gasteiger partial charge in [-0.3, -0.25) is 4.79 Å². The maximum absolute atomic E-state index is 11.8. The SMILES string of the molecule is CC(=O)c1ccc(C#N)cc1N(C)C1CCN(C)CC1. The zero-order valence-corrected chi connectivity index (χ0v) is 12.4. The molecule has 0 aromatic heterocycles. The maximum atomic E-state index is 11.8. The minimum Gasteiger partial charge on any atom is -0.371 e. The van der Waals surface area contributed by atoms with Crippen LogP contribution in [0.25, 0.3) is 0 Å². The largest absolute Gasteiger partial charge is 0.371 e. The van der Waals surface area contributed by atoms with Gasteiger partial charge in [0.2, 0.25) is 0 Å². The van der Waals surface area contributed by atoms with Gasteiger partial charge < -0.3 is 9.80 Å². The standard InChI is InChI=1S/C16H21N3O/c1-12(20)15-5-4-13(11-17)10-16(15)19(3)14-6-8-18(2)9-7-14/h4-5,10,14H,6-9H2,1-3H3. The van der Waals surface area contributed by atoms with Crippen molar-refractivity contribution in [1.29, 1.82) is 5.26 Å². The third-order valence-corrected chi connectivity index (χ3v) is 4.12. The van der Waals surface area contributed by atoms with Crippen molar-refractivity contribution in [3.05, 3.63) is 29.3 Å². The molecule has 106 valence electrons. The average molecular weight is 271 g/mol. The highest BCUT2D eigenvalue weighted by molar-refractivity contribution is 6.00. The lowest BCUT2D eigenvalue weighted by Gasteiger charge is -2.37. The Hall–Kier alpha value is -1.86. The summed E-state index contributed by atoms with van der Waals surface area (Å²) in [6.45, 7) is 3.72. The number of Topliss-reactive ketones (excluding diaryl/α,β-unsaturated/α-hetero) is 1. The van der Waals surface area contributed by atoms with Crippen LogP contribution in [0.5, 0.6) is 0 Å². The van der Waals surface area contributed by atoms with Crippen molar-refractivity contribution in [2.45, 2.75) is 25.8 Å². The fraction of sp³-hybridized carbons (Fsp3) is 0.500. The van der Waals surface area contributed by atoms with Crippen molar-refractivity contribution in [3.8, 4) is 6.07 Å². The number of rotatable bonds is 3. The van der Waals surface area contributed by atoms with Crippen molar-refractivity contribution in [1.82, 2.24) is 4.90 Å². The molecular weight excluding hydrogens is 250 g/mol. The molecule has 0 unspecified atom stereocenters. The second-order valence-corrected chi connectivity index (χ2v) is 5.55. The summed E-state index contributed by atoms with van der Waals surface area (Å²) in [7, 11) is 4.16. The maximum Gasteiger partial charge on any atom is 0.161 e. The van der Waals surface area contributed by atoms with Gasteiger partial charge in [-0.1, -0.05) is 0 Å². The first-order valence-electron chi connectivity index (χ1n) is 6.99. The van der Waals surface area contributed by atoms with E-state index in [1.807, 2.05) is 13.1 Å². The van der Waals surface area contributed by atoms with Crippen LogP contribution in [0.3, 0.4) is 0 Å². The van der Waals surface area contributed by atoms with Crippen LogP contribution in [0.2, 0.25) is 0 Å². The van der Waals surface area contributed by atoms with E-state index in [1.54, 1.807) is 19.1 Å². The van der Waals surface area contributed by atoms with E-state index in [9.17, 15) is 4.79 Å². The monoisotopic (exact) mass is 271 g/mol. The number of carbonyl (C=O) groups is 1. The zero-order valence-electron chi connectivity index (χ0n) is 12.4. The van der Waals surface area contributed by atoms with Gasteiger partial charge in [-0.2, -0.15) is 5.26 Å². The number of hydrogen-bond donors (Lipinski definition) is 0. The second kappa shape index (κ2) is 6.06. The van der Waals surface area contributed by atoms with Crippen LogP contribution in [0.15, 0.2) is 18.2 Å². The molecule has 1 heterocycles. The van der Waals surface area contributed by atoms with Crippen molar-refractivity contribution < 1.29 is 4.79 Å². The Labute approximate surface area is 120 Å². The number of anilines is 1. The van der Waals surface area contributed by atoms with Crippen LogP contribution in [0.4, 0.5) is 5.69 Å². The van der Waals surface area contributed by atoms with Gasteiger partial charge in [-0.25, -0.2) is 0 Å². The first-order chi connectivity index (χ1) is 9.52.